The van der Waals surface area contributed by atoms with Crippen LogP contribution in [0.1, 0.15) is 16.8 Å². The van der Waals surface area contributed by atoms with E-state index in [1.807, 2.05) is 7.05 Å². The number of hydrogen-bond donors (Lipinski definition) is 3. The highest BCUT2D eigenvalue weighted by Crippen LogP contribution is 2.25. The van der Waals surface area contributed by atoms with Gasteiger partial charge in [-0.15, -0.1) is 0 Å². The molecule has 0 saturated heterocycles. The van der Waals surface area contributed by atoms with Crippen LogP contribution in [-0.4, -0.2) is 56.3 Å². The lowest BCUT2D eigenvalue weighted by Gasteiger charge is -2.19. The predicted molar refractivity (Wildman–Crippen MR) is 80.1 cm³/mol. The molecule has 1 rings (SSSR count). The van der Waals surface area contributed by atoms with Crippen molar-refractivity contribution < 1.29 is 19.4 Å². The summed E-state index contributed by atoms with van der Waals surface area (Å²) >= 11 is 0. The van der Waals surface area contributed by atoms with Crippen LogP contribution in [0.5, 0.6) is 5.75 Å². The Morgan fingerprint density at radius 2 is 2.10 bits per heavy atom. The first-order valence-corrected chi connectivity index (χ1v) is 6.57. The molecule has 0 aliphatic carbocycles. The molecule has 0 heterocycles. The minimum absolute atomic E-state index is 0.0870. The molecule has 0 saturated carbocycles. The van der Waals surface area contributed by atoms with Crippen molar-refractivity contribution in [3.05, 3.63) is 23.8 Å². The van der Waals surface area contributed by atoms with E-state index in [-0.39, 0.29) is 11.6 Å². The number of anilines is 1. The predicted octanol–water partition coefficient (Wildman–Crippen LogP) is 1.47. The van der Waals surface area contributed by atoms with Gasteiger partial charge in [0.05, 0.1) is 18.4 Å². The molecular weight excluding hydrogens is 274 g/mol. The third-order valence-corrected chi connectivity index (χ3v) is 2.96. The summed E-state index contributed by atoms with van der Waals surface area (Å²) in [6, 6.07) is 4.00. The first-order valence-electron chi connectivity index (χ1n) is 6.57. The minimum atomic E-state index is -1.06. The van der Waals surface area contributed by atoms with Crippen LogP contribution in [0.15, 0.2) is 18.2 Å². The van der Waals surface area contributed by atoms with Crippen molar-refractivity contribution >= 4 is 17.7 Å². The zero-order valence-electron chi connectivity index (χ0n) is 12.5. The Kier molecular flexibility index (Phi) is 6.48. The molecule has 0 aliphatic heterocycles. The largest absolute Gasteiger partial charge is 0.495 e. The lowest BCUT2D eigenvalue weighted by Crippen LogP contribution is -2.33. The summed E-state index contributed by atoms with van der Waals surface area (Å²) < 4.78 is 5.12. The number of aromatic carboxylic acids is 1. The monoisotopic (exact) mass is 295 g/mol. The van der Waals surface area contributed by atoms with E-state index in [4.69, 9.17) is 9.84 Å². The topological polar surface area (TPSA) is 90.9 Å². The van der Waals surface area contributed by atoms with E-state index >= 15 is 0 Å². The van der Waals surface area contributed by atoms with E-state index in [1.54, 1.807) is 7.05 Å². The number of hydrogen-bond acceptors (Lipinski definition) is 4. The molecule has 7 heteroatoms. The van der Waals surface area contributed by atoms with Crippen LogP contribution < -0.4 is 15.4 Å². The van der Waals surface area contributed by atoms with Gasteiger partial charge in [0.15, 0.2) is 0 Å². The second kappa shape index (κ2) is 8.11. The van der Waals surface area contributed by atoms with Crippen molar-refractivity contribution in [1.29, 1.82) is 0 Å². The number of carboxylic acids is 1. The minimum Gasteiger partial charge on any atom is -0.495 e. The number of nitrogens with one attached hydrogen (secondary N) is 2. The maximum absolute atomic E-state index is 12.0. The van der Waals surface area contributed by atoms with Gasteiger partial charge in [0.1, 0.15) is 5.75 Å². The van der Waals surface area contributed by atoms with Gasteiger partial charge in [0.25, 0.3) is 0 Å². The Hall–Kier alpha value is -2.28. The molecule has 1 aromatic rings. The lowest BCUT2D eigenvalue weighted by atomic mass is 10.2. The molecule has 3 N–H and O–H groups in total. The summed E-state index contributed by atoms with van der Waals surface area (Å²) in [6.07, 6.45) is 0.826. The highest BCUT2D eigenvalue weighted by molar-refractivity contribution is 5.94. The molecule has 0 fully saturated rings. The summed E-state index contributed by atoms with van der Waals surface area (Å²) in [6.45, 7) is 1.41. The molecule has 116 valence electrons. The van der Waals surface area contributed by atoms with E-state index in [0.29, 0.717) is 18.0 Å². The molecule has 0 atom stereocenters. The van der Waals surface area contributed by atoms with Crippen molar-refractivity contribution in [2.24, 2.45) is 0 Å². The number of ether oxygens (including phenoxy) is 1. The molecule has 7 nitrogen and oxygen atoms in total. The molecule has 0 bridgehead atoms. The van der Waals surface area contributed by atoms with E-state index in [2.05, 4.69) is 10.6 Å². The second-order valence-corrected chi connectivity index (χ2v) is 4.53. The quantitative estimate of drug-likeness (QED) is 0.663. The molecule has 0 radical (unpaired) electrons. The number of nitrogens with zero attached hydrogens (tertiary/aromatic N) is 1. The van der Waals surface area contributed by atoms with Crippen molar-refractivity contribution in [2.45, 2.75) is 6.42 Å². The molecule has 0 aromatic heterocycles. The maximum atomic E-state index is 12.0. The molecule has 0 aliphatic rings. The van der Waals surface area contributed by atoms with Crippen LogP contribution >= 0.6 is 0 Å². The highest BCUT2D eigenvalue weighted by atomic mass is 16.5. The summed E-state index contributed by atoms with van der Waals surface area (Å²) in [4.78, 5) is 24.6. The number of carbonyl (C=O) groups excluding carboxylic acids is 1. The second-order valence-electron chi connectivity index (χ2n) is 4.53. The Bertz CT molecular complexity index is 505. The van der Waals surface area contributed by atoms with Gasteiger partial charge >= 0.3 is 12.0 Å². The summed E-state index contributed by atoms with van der Waals surface area (Å²) in [7, 11) is 4.99. The Labute approximate surface area is 123 Å². The number of rotatable bonds is 7. The zero-order valence-corrected chi connectivity index (χ0v) is 12.5. The van der Waals surface area contributed by atoms with Crippen molar-refractivity contribution in [3.63, 3.8) is 0 Å². The van der Waals surface area contributed by atoms with Gasteiger partial charge in [-0.25, -0.2) is 9.59 Å². The fourth-order valence-electron chi connectivity index (χ4n) is 1.74. The van der Waals surface area contributed by atoms with Gasteiger partial charge in [0.2, 0.25) is 0 Å². The number of carboxylic acid groups (broad SMARTS) is 1. The number of methoxy groups -OCH3 is 1. The van der Waals surface area contributed by atoms with E-state index in [9.17, 15) is 9.59 Å². The van der Waals surface area contributed by atoms with Gasteiger partial charge in [-0.05, 0) is 38.2 Å². The van der Waals surface area contributed by atoms with Crippen LogP contribution in [0.2, 0.25) is 0 Å². The average molecular weight is 295 g/mol. The lowest BCUT2D eigenvalue weighted by molar-refractivity contribution is 0.0697. The van der Waals surface area contributed by atoms with Crippen LogP contribution in [-0.2, 0) is 0 Å². The molecule has 0 unspecified atom stereocenters. The first kappa shape index (κ1) is 16.8. The number of carbonyl (C=O) groups is 2. The van der Waals surface area contributed by atoms with Gasteiger partial charge in [0, 0.05) is 13.6 Å². The molecule has 1 aromatic carbocycles. The molecular formula is C14H21N3O4. The smallest absolute Gasteiger partial charge is 0.335 e. The Balaban J connectivity index is 2.78. The molecule has 21 heavy (non-hydrogen) atoms. The maximum Gasteiger partial charge on any atom is 0.335 e. The van der Waals surface area contributed by atoms with Crippen LogP contribution in [0.3, 0.4) is 0 Å². The fourth-order valence-corrected chi connectivity index (χ4v) is 1.74. The summed E-state index contributed by atoms with van der Waals surface area (Å²) in [5.74, 6) is -0.646. The van der Waals surface area contributed by atoms with Gasteiger partial charge in [-0.2, -0.15) is 0 Å². The zero-order chi connectivity index (χ0) is 15.8. The van der Waals surface area contributed by atoms with E-state index < -0.39 is 5.97 Å². The Morgan fingerprint density at radius 1 is 1.38 bits per heavy atom. The van der Waals surface area contributed by atoms with Crippen molar-refractivity contribution in [2.75, 3.05) is 39.6 Å². The number of amides is 2. The van der Waals surface area contributed by atoms with Gasteiger partial charge < -0.3 is 25.4 Å². The summed E-state index contributed by atoms with van der Waals surface area (Å²) in [5.41, 5.74) is 0.423. The van der Waals surface area contributed by atoms with Crippen molar-refractivity contribution in [3.8, 4) is 5.75 Å². The average Bonchev–Trinajstić information content (AvgIpc) is 2.47. The standard InChI is InChI=1S/C14H21N3O4/c1-15-7-4-8-17(2)14(20)16-11-9-10(13(18)19)5-6-12(11)21-3/h5-6,9,15H,4,7-8H2,1-3H3,(H,16,20)(H,18,19). The number of benzene rings is 1. The third-order valence-electron chi connectivity index (χ3n) is 2.96. The molecule has 2 amide bonds. The van der Waals surface area contributed by atoms with Crippen LogP contribution in [0.25, 0.3) is 0 Å². The van der Waals surface area contributed by atoms with Gasteiger partial charge in [-0.3, -0.25) is 0 Å². The fraction of sp³-hybridized carbons (Fsp3) is 0.429. The Morgan fingerprint density at radius 3 is 2.67 bits per heavy atom. The SMILES string of the molecule is CNCCCN(C)C(=O)Nc1cc(C(=O)O)ccc1OC. The summed E-state index contributed by atoms with van der Waals surface area (Å²) in [5, 5.41) is 14.7. The first-order chi connectivity index (χ1) is 9.99. The van der Waals surface area contributed by atoms with Gasteiger partial charge in [-0.1, -0.05) is 0 Å². The third kappa shape index (κ3) is 4.96. The van der Waals surface area contributed by atoms with E-state index in [0.717, 1.165) is 13.0 Å². The molecule has 0 spiro atoms. The van der Waals surface area contributed by atoms with Crippen LogP contribution in [0, 0.1) is 0 Å². The highest BCUT2D eigenvalue weighted by Gasteiger charge is 2.14. The van der Waals surface area contributed by atoms with Crippen molar-refractivity contribution in [1.82, 2.24) is 10.2 Å². The normalized spacial score (nSPS) is 10.0. The number of urea groups is 1. The van der Waals surface area contributed by atoms with Crippen LogP contribution in [0.4, 0.5) is 10.5 Å². The van der Waals surface area contributed by atoms with E-state index in [1.165, 1.54) is 30.2 Å².